The first kappa shape index (κ1) is 11.9. The number of anilines is 2. The molecule has 4 heteroatoms. The lowest BCUT2D eigenvalue weighted by Crippen LogP contribution is -2.17. The lowest BCUT2D eigenvalue weighted by Gasteiger charge is -2.21. The Kier molecular flexibility index (Phi) is 3.33. The minimum Gasteiger partial charge on any atom is -0.397 e. The number of nitrogens with zero attached hydrogens (tertiary/aromatic N) is 1. The Labute approximate surface area is 104 Å². The van der Waals surface area contributed by atoms with E-state index in [2.05, 4.69) is 11.4 Å². The standard InChI is InChI=1S/C13H15FN2S/c1-9-5-13(12(15)6-11(9)14)16(2)7-10-3-4-17-8-10/h3-6,8H,7,15H2,1-2H3. The molecule has 0 radical (unpaired) electrons. The maximum atomic E-state index is 13.3. The predicted octanol–water partition coefficient (Wildman–Crippen LogP) is 3.41. The lowest BCUT2D eigenvalue weighted by molar-refractivity contribution is 0.619. The number of hydrogen-bond donors (Lipinski definition) is 1. The van der Waals surface area contributed by atoms with Crippen molar-refractivity contribution in [3.8, 4) is 0 Å². The Morgan fingerprint density at radius 2 is 2.18 bits per heavy atom. The molecule has 0 atom stereocenters. The van der Waals surface area contributed by atoms with E-state index in [0.717, 1.165) is 12.2 Å². The van der Waals surface area contributed by atoms with Gasteiger partial charge >= 0.3 is 0 Å². The zero-order chi connectivity index (χ0) is 12.4. The Hall–Kier alpha value is -1.55. The van der Waals surface area contributed by atoms with E-state index in [4.69, 9.17) is 5.73 Å². The second kappa shape index (κ2) is 4.75. The molecule has 0 amide bonds. The van der Waals surface area contributed by atoms with Gasteiger partial charge in [-0.2, -0.15) is 11.3 Å². The molecular formula is C13H15FN2S. The number of rotatable bonds is 3. The van der Waals surface area contributed by atoms with Crippen LogP contribution in [0.25, 0.3) is 0 Å². The number of benzene rings is 1. The van der Waals surface area contributed by atoms with Gasteiger partial charge in [-0.15, -0.1) is 0 Å². The van der Waals surface area contributed by atoms with Gasteiger partial charge in [0.1, 0.15) is 5.82 Å². The smallest absolute Gasteiger partial charge is 0.128 e. The summed E-state index contributed by atoms with van der Waals surface area (Å²) in [5.41, 5.74) is 9.04. The molecule has 17 heavy (non-hydrogen) atoms. The maximum Gasteiger partial charge on any atom is 0.128 e. The highest BCUT2D eigenvalue weighted by atomic mass is 32.1. The number of nitrogens with two attached hydrogens (primary N) is 1. The van der Waals surface area contributed by atoms with Crippen LogP contribution in [-0.2, 0) is 6.54 Å². The van der Waals surface area contributed by atoms with Crippen LogP contribution in [0.3, 0.4) is 0 Å². The molecule has 0 saturated carbocycles. The largest absolute Gasteiger partial charge is 0.397 e. The van der Waals surface area contributed by atoms with E-state index in [1.165, 1.54) is 11.6 Å². The highest BCUT2D eigenvalue weighted by Crippen LogP contribution is 2.27. The van der Waals surface area contributed by atoms with Crippen molar-refractivity contribution in [2.45, 2.75) is 13.5 Å². The Bertz CT molecular complexity index is 508. The molecule has 2 aromatic rings. The van der Waals surface area contributed by atoms with Gasteiger partial charge in [-0.05, 0) is 47.0 Å². The highest BCUT2D eigenvalue weighted by Gasteiger charge is 2.09. The summed E-state index contributed by atoms with van der Waals surface area (Å²) in [4.78, 5) is 2.03. The van der Waals surface area contributed by atoms with Gasteiger partial charge in [-0.1, -0.05) is 0 Å². The lowest BCUT2D eigenvalue weighted by atomic mass is 10.1. The second-order valence-corrected chi connectivity index (χ2v) is 4.93. The third-order valence-corrected chi connectivity index (χ3v) is 3.45. The van der Waals surface area contributed by atoms with Crippen LogP contribution in [-0.4, -0.2) is 7.05 Å². The highest BCUT2D eigenvalue weighted by molar-refractivity contribution is 7.07. The van der Waals surface area contributed by atoms with E-state index in [1.807, 2.05) is 17.3 Å². The molecule has 0 aliphatic rings. The normalized spacial score (nSPS) is 10.5. The molecule has 1 heterocycles. The van der Waals surface area contributed by atoms with Crippen molar-refractivity contribution in [1.29, 1.82) is 0 Å². The van der Waals surface area contributed by atoms with Crippen molar-refractivity contribution in [3.63, 3.8) is 0 Å². The average Bonchev–Trinajstić information content (AvgIpc) is 2.76. The molecule has 1 aromatic heterocycles. The maximum absolute atomic E-state index is 13.3. The number of thiophene rings is 1. The van der Waals surface area contributed by atoms with Gasteiger partial charge in [-0.25, -0.2) is 4.39 Å². The van der Waals surface area contributed by atoms with Gasteiger partial charge in [0.25, 0.3) is 0 Å². The van der Waals surface area contributed by atoms with E-state index in [-0.39, 0.29) is 5.82 Å². The zero-order valence-electron chi connectivity index (χ0n) is 9.90. The van der Waals surface area contributed by atoms with Crippen molar-refractivity contribution in [2.75, 3.05) is 17.7 Å². The van der Waals surface area contributed by atoms with Crippen LogP contribution in [0.5, 0.6) is 0 Å². The van der Waals surface area contributed by atoms with Crippen LogP contribution >= 0.6 is 11.3 Å². The van der Waals surface area contributed by atoms with Crippen molar-refractivity contribution in [2.24, 2.45) is 0 Å². The summed E-state index contributed by atoms with van der Waals surface area (Å²) < 4.78 is 13.3. The van der Waals surface area contributed by atoms with Crippen LogP contribution in [0.1, 0.15) is 11.1 Å². The fraction of sp³-hybridized carbons (Fsp3) is 0.231. The van der Waals surface area contributed by atoms with Crippen LogP contribution in [0.15, 0.2) is 29.0 Å². The summed E-state index contributed by atoms with van der Waals surface area (Å²) >= 11 is 1.67. The molecule has 0 aliphatic heterocycles. The summed E-state index contributed by atoms with van der Waals surface area (Å²) in [6.07, 6.45) is 0. The fourth-order valence-electron chi connectivity index (χ4n) is 1.75. The quantitative estimate of drug-likeness (QED) is 0.846. The molecular weight excluding hydrogens is 235 g/mol. The van der Waals surface area contributed by atoms with Crippen molar-refractivity contribution < 1.29 is 4.39 Å². The number of aryl methyl sites for hydroxylation is 1. The first-order valence-electron chi connectivity index (χ1n) is 5.36. The van der Waals surface area contributed by atoms with Crippen LogP contribution in [0, 0.1) is 12.7 Å². The predicted molar refractivity (Wildman–Crippen MR) is 72.0 cm³/mol. The van der Waals surface area contributed by atoms with Gasteiger partial charge < -0.3 is 10.6 Å². The number of hydrogen-bond acceptors (Lipinski definition) is 3. The van der Waals surface area contributed by atoms with Crippen molar-refractivity contribution in [1.82, 2.24) is 0 Å². The van der Waals surface area contributed by atoms with Gasteiger partial charge in [-0.3, -0.25) is 0 Å². The topological polar surface area (TPSA) is 29.3 Å². The van der Waals surface area contributed by atoms with Gasteiger partial charge in [0.05, 0.1) is 11.4 Å². The number of halogens is 1. The molecule has 0 spiro atoms. The minimum atomic E-state index is -0.254. The molecule has 0 bridgehead atoms. The zero-order valence-corrected chi connectivity index (χ0v) is 10.7. The van der Waals surface area contributed by atoms with E-state index in [1.54, 1.807) is 24.3 Å². The Balaban J connectivity index is 2.24. The third kappa shape index (κ3) is 2.58. The molecule has 2 nitrogen and oxygen atoms in total. The third-order valence-electron chi connectivity index (χ3n) is 2.72. The first-order valence-corrected chi connectivity index (χ1v) is 6.30. The van der Waals surface area contributed by atoms with Crippen LogP contribution in [0.4, 0.5) is 15.8 Å². The van der Waals surface area contributed by atoms with Crippen LogP contribution in [0.2, 0.25) is 0 Å². The Morgan fingerprint density at radius 1 is 1.41 bits per heavy atom. The van der Waals surface area contributed by atoms with E-state index in [9.17, 15) is 4.39 Å². The van der Waals surface area contributed by atoms with Crippen molar-refractivity contribution >= 4 is 22.7 Å². The van der Waals surface area contributed by atoms with Crippen LogP contribution < -0.4 is 10.6 Å². The average molecular weight is 250 g/mol. The van der Waals surface area contributed by atoms with E-state index < -0.39 is 0 Å². The van der Waals surface area contributed by atoms with Gasteiger partial charge in [0.2, 0.25) is 0 Å². The Morgan fingerprint density at radius 3 is 2.82 bits per heavy atom. The first-order chi connectivity index (χ1) is 8.08. The second-order valence-electron chi connectivity index (χ2n) is 4.15. The molecule has 2 N–H and O–H groups in total. The summed E-state index contributed by atoms with van der Waals surface area (Å²) in [6.45, 7) is 2.52. The monoisotopic (exact) mass is 250 g/mol. The molecule has 0 aliphatic carbocycles. The number of nitrogen functional groups attached to an aromatic ring is 1. The van der Waals surface area contributed by atoms with Crippen molar-refractivity contribution in [3.05, 3.63) is 45.9 Å². The summed E-state index contributed by atoms with van der Waals surface area (Å²) in [5, 5.41) is 4.14. The molecule has 0 unspecified atom stereocenters. The molecule has 2 rings (SSSR count). The SMILES string of the molecule is Cc1cc(N(C)Cc2ccsc2)c(N)cc1F. The molecule has 0 saturated heterocycles. The van der Waals surface area contributed by atoms with Gasteiger partial charge in [0, 0.05) is 13.6 Å². The van der Waals surface area contributed by atoms with E-state index >= 15 is 0 Å². The molecule has 1 aromatic carbocycles. The fourth-order valence-corrected chi connectivity index (χ4v) is 2.41. The van der Waals surface area contributed by atoms with Gasteiger partial charge in [0.15, 0.2) is 0 Å². The minimum absolute atomic E-state index is 0.254. The summed E-state index contributed by atoms with van der Waals surface area (Å²) in [5.74, 6) is -0.254. The molecule has 0 fully saturated rings. The van der Waals surface area contributed by atoms with E-state index in [0.29, 0.717) is 11.3 Å². The summed E-state index contributed by atoms with van der Waals surface area (Å²) in [6, 6.07) is 5.25. The molecule has 90 valence electrons. The summed E-state index contributed by atoms with van der Waals surface area (Å²) in [7, 11) is 1.96.